The van der Waals surface area contributed by atoms with Crippen LogP contribution in [-0.2, 0) is 15.5 Å². The van der Waals surface area contributed by atoms with E-state index in [-0.39, 0.29) is 0 Å². The Morgan fingerprint density at radius 3 is 2.24 bits per heavy atom. The van der Waals surface area contributed by atoms with E-state index in [2.05, 4.69) is 10.2 Å². The highest BCUT2D eigenvalue weighted by Crippen LogP contribution is 2.25. The third kappa shape index (κ3) is 3.56. The molecule has 1 heterocycles. The predicted molar refractivity (Wildman–Crippen MR) is 53.2 cm³/mol. The lowest BCUT2D eigenvalue weighted by Crippen LogP contribution is -2.19. The van der Waals surface area contributed by atoms with Crippen molar-refractivity contribution < 1.29 is 21.6 Å². The summed E-state index contributed by atoms with van der Waals surface area (Å²) < 4.78 is 59.7. The smallest absolute Gasteiger partial charge is 0.298 e. The molecule has 0 saturated heterocycles. The number of rotatable bonds is 3. The van der Waals surface area contributed by atoms with Crippen LogP contribution < -0.4 is 0 Å². The number of hydrogen-bond donors (Lipinski definition) is 0. The van der Waals surface area contributed by atoms with Crippen LogP contribution >= 0.6 is 10.7 Å². The second-order valence-corrected chi connectivity index (χ2v) is 6.05. The van der Waals surface area contributed by atoms with Crippen molar-refractivity contribution in [1.29, 1.82) is 0 Å². The summed E-state index contributed by atoms with van der Waals surface area (Å²) in [5, 5.41) is 5.73. The molecular formula is C7H9ClF3N3O2S. The largest absolute Gasteiger partial charge is 0.396 e. The highest BCUT2D eigenvalue weighted by molar-refractivity contribution is 8.13. The molecule has 0 unspecified atom stereocenters. The minimum absolute atomic E-state index is 0.480. The zero-order valence-corrected chi connectivity index (χ0v) is 10.4. The predicted octanol–water partition coefficient (Wildman–Crippen LogP) is 1.89. The van der Waals surface area contributed by atoms with E-state index in [9.17, 15) is 21.6 Å². The Kier molecular flexibility index (Phi) is 3.72. The Morgan fingerprint density at radius 2 is 1.88 bits per heavy atom. The summed E-state index contributed by atoms with van der Waals surface area (Å²) in [4.78, 5) is 0. The van der Waals surface area contributed by atoms with E-state index in [4.69, 9.17) is 10.7 Å². The summed E-state index contributed by atoms with van der Waals surface area (Å²) in [6.45, 7) is 3.02. The number of alkyl halides is 3. The van der Waals surface area contributed by atoms with Crippen molar-refractivity contribution in [3.05, 3.63) is 5.82 Å². The summed E-state index contributed by atoms with van der Waals surface area (Å²) in [6.07, 6.45) is -5.85. The average molecular weight is 292 g/mol. The van der Waals surface area contributed by atoms with Gasteiger partial charge in [0.1, 0.15) is 12.2 Å². The number of halogens is 4. The fourth-order valence-electron chi connectivity index (χ4n) is 1.29. The minimum atomic E-state index is -4.49. The molecule has 5 nitrogen and oxygen atoms in total. The molecule has 0 saturated carbocycles. The topological polar surface area (TPSA) is 64.8 Å². The van der Waals surface area contributed by atoms with Gasteiger partial charge in [0, 0.05) is 16.7 Å². The number of hydrogen-bond acceptors (Lipinski definition) is 4. The van der Waals surface area contributed by atoms with Gasteiger partial charge in [0.05, 0.1) is 0 Å². The maximum atomic E-state index is 12.2. The van der Waals surface area contributed by atoms with Crippen LogP contribution in [0.5, 0.6) is 0 Å². The Labute approximate surface area is 100 Å². The highest BCUT2D eigenvalue weighted by atomic mass is 35.7. The van der Waals surface area contributed by atoms with Gasteiger partial charge in [0.2, 0.25) is 0 Å². The molecule has 1 aromatic heterocycles. The van der Waals surface area contributed by atoms with Gasteiger partial charge in [-0.2, -0.15) is 13.2 Å². The van der Waals surface area contributed by atoms with Crippen molar-refractivity contribution in [2.45, 2.75) is 37.6 Å². The fourth-order valence-corrected chi connectivity index (χ4v) is 2.30. The van der Waals surface area contributed by atoms with Gasteiger partial charge >= 0.3 is 6.18 Å². The monoisotopic (exact) mass is 291 g/mol. The Balaban J connectivity index is 3.31. The highest BCUT2D eigenvalue weighted by Gasteiger charge is 2.33. The van der Waals surface area contributed by atoms with Crippen LogP contribution in [0.25, 0.3) is 0 Å². The van der Waals surface area contributed by atoms with Crippen LogP contribution in [-0.4, -0.2) is 29.4 Å². The number of aromatic nitrogens is 3. The maximum absolute atomic E-state index is 12.2. The van der Waals surface area contributed by atoms with Gasteiger partial charge in [-0.25, -0.2) is 8.42 Å². The first-order chi connectivity index (χ1) is 7.52. The molecule has 0 atom stereocenters. The summed E-state index contributed by atoms with van der Waals surface area (Å²) in [7, 11) is 0.841. The molecule has 0 bridgehead atoms. The zero-order chi connectivity index (χ0) is 13.4. The molecule has 17 heavy (non-hydrogen) atoms. The van der Waals surface area contributed by atoms with Crippen LogP contribution in [0, 0.1) is 0 Å². The Hall–Kier alpha value is -0.830. The van der Waals surface area contributed by atoms with E-state index in [1.165, 1.54) is 13.8 Å². The molecule has 0 radical (unpaired) electrons. The number of nitrogens with zero attached hydrogens (tertiary/aromatic N) is 3. The Bertz CT molecular complexity index is 509. The molecule has 98 valence electrons. The fraction of sp³-hybridized carbons (Fsp3) is 0.714. The summed E-state index contributed by atoms with van der Waals surface area (Å²) >= 11 is 0. The second-order valence-electron chi connectivity index (χ2n) is 3.59. The third-order valence-corrected chi connectivity index (χ3v) is 2.96. The summed E-state index contributed by atoms with van der Waals surface area (Å²) in [5.41, 5.74) is 0. The van der Waals surface area contributed by atoms with E-state index in [1.807, 2.05) is 0 Å². The van der Waals surface area contributed by atoms with E-state index < -0.39 is 38.7 Å². The summed E-state index contributed by atoms with van der Waals surface area (Å²) in [5.74, 6) is -0.480. The molecule has 0 aliphatic carbocycles. The van der Waals surface area contributed by atoms with Gasteiger partial charge in [-0.15, -0.1) is 10.2 Å². The van der Waals surface area contributed by atoms with Crippen LogP contribution in [0.4, 0.5) is 13.2 Å². The molecule has 0 aliphatic heterocycles. The molecule has 0 aliphatic rings. The molecule has 1 rings (SSSR count). The van der Waals surface area contributed by atoms with Gasteiger partial charge in [-0.05, 0) is 13.8 Å². The average Bonchev–Trinajstić information content (AvgIpc) is 2.43. The molecule has 0 aromatic carbocycles. The lowest BCUT2D eigenvalue weighted by Gasteiger charge is -2.13. The minimum Gasteiger partial charge on any atom is -0.298 e. The van der Waals surface area contributed by atoms with Crippen LogP contribution in [0.1, 0.15) is 25.7 Å². The van der Waals surface area contributed by atoms with E-state index in [0.29, 0.717) is 0 Å². The van der Waals surface area contributed by atoms with Gasteiger partial charge in [-0.1, -0.05) is 0 Å². The van der Waals surface area contributed by atoms with E-state index in [0.717, 1.165) is 4.57 Å². The van der Waals surface area contributed by atoms with E-state index >= 15 is 0 Å². The zero-order valence-electron chi connectivity index (χ0n) is 8.86. The van der Waals surface area contributed by atoms with Crippen molar-refractivity contribution in [1.82, 2.24) is 14.8 Å². The summed E-state index contributed by atoms with van der Waals surface area (Å²) in [6, 6.07) is -0.550. The quantitative estimate of drug-likeness (QED) is 0.798. The molecule has 0 spiro atoms. The Morgan fingerprint density at radius 1 is 1.35 bits per heavy atom. The van der Waals surface area contributed by atoms with Crippen molar-refractivity contribution in [2.24, 2.45) is 0 Å². The van der Waals surface area contributed by atoms with Gasteiger partial charge in [0.25, 0.3) is 14.2 Å². The molecular weight excluding hydrogens is 283 g/mol. The van der Waals surface area contributed by atoms with Crippen LogP contribution in [0.3, 0.4) is 0 Å². The first kappa shape index (κ1) is 14.2. The van der Waals surface area contributed by atoms with Gasteiger partial charge < -0.3 is 0 Å². The standard InChI is InChI=1S/C7H9ClF3N3O2S/c1-4(2)14-5(3-7(9,10)11)12-13-6(14)17(8,15)16/h4H,3H2,1-2H3. The first-order valence-electron chi connectivity index (χ1n) is 4.47. The first-order valence-corrected chi connectivity index (χ1v) is 6.78. The molecule has 1 aromatic rings. The van der Waals surface area contributed by atoms with Crippen molar-refractivity contribution in [2.75, 3.05) is 0 Å². The van der Waals surface area contributed by atoms with Gasteiger partial charge in [-0.3, -0.25) is 4.57 Å². The van der Waals surface area contributed by atoms with E-state index in [1.54, 1.807) is 0 Å². The van der Waals surface area contributed by atoms with Crippen molar-refractivity contribution in [3.8, 4) is 0 Å². The SMILES string of the molecule is CC(C)n1c(CC(F)(F)F)nnc1S(=O)(=O)Cl. The normalized spacial score (nSPS) is 13.4. The van der Waals surface area contributed by atoms with Gasteiger partial charge in [0.15, 0.2) is 0 Å². The molecule has 10 heteroatoms. The van der Waals surface area contributed by atoms with Crippen molar-refractivity contribution >= 4 is 19.7 Å². The third-order valence-electron chi connectivity index (χ3n) is 1.83. The molecule has 0 fully saturated rings. The lowest BCUT2D eigenvalue weighted by molar-refractivity contribution is -0.129. The van der Waals surface area contributed by atoms with Crippen LogP contribution in [0.15, 0.2) is 5.16 Å². The van der Waals surface area contributed by atoms with Crippen molar-refractivity contribution in [3.63, 3.8) is 0 Å². The van der Waals surface area contributed by atoms with Crippen LogP contribution in [0.2, 0.25) is 0 Å². The maximum Gasteiger partial charge on any atom is 0.396 e. The second kappa shape index (κ2) is 4.45. The molecule has 0 N–H and O–H groups in total. The molecule has 0 amide bonds. The lowest BCUT2D eigenvalue weighted by atomic mass is 10.3.